The summed E-state index contributed by atoms with van der Waals surface area (Å²) >= 11 is 0. The first-order chi connectivity index (χ1) is 5.42. The first-order valence-electron chi connectivity index (χ1n) is 3.77. The minimum absolute atomic E-state index is 1.27. The van der Waals surface area contributed by atoms with E-state index in [2.05, 4.69) is 47.6 Å². The van der Waals surface area contributed by atoms with Crippen LogP contribution >= 0.6 is 0 Å². The Hall–Kier alpha value is -1.24. The highest BCUT2D eigenvalue weighted by Crippen LogP contribution is 2.14. The predicted molar refractivity (Wildman–Crippen MR) is 47.3 cm³/mol. The lowest BCUT2D eigenvalue weighted by atomic mass is 10.2. The number of hydrogen-bond acceptors (Lipinski definition) is 0. The Kier molecular flexibility index (Phi) is 1.42. The largest absolute Gasteiger partial charge is 0.343 e. The number of fused-ring (bicyclic) bond motifs is 1. The van der Waals surface area contributed by atoms with Crippen molar-refractivity contribution in [2.75, 3.05) is 0 Å². The van der Waals surface area contributed by atoms with Gasteiger partial charge in [0.15, 0.2) is 0 Å². The van der Waals surface area contributed by atoms with Crippen molar-refractivity contribution in [1.82, 2.24) is 4.57 Å². The van der Waals surface area contributed by atoms with E-state index in [4.69, 9.17) is 0 Å². The second-order valence-electron chi connectivity index (χ2n) is 2.54. The summed E-state index contributed by atoms with van der Waals surface area (Å²) in [6, 6.07) is 10.5. The van der Waals surface area contributed by atoms with Gasteiger partial charge in [-0.2, -0.15) is 0 Å². The summed E-state index contributed by atoms with van der Waals surface area (Å²) in [5, 5.41) is 1.30. The minimum atomic E-state index is 1.27. The van der Waals surface area contributed by atoms with Gasteiger partial charge < -0.3 is 4.57 Å². The lowest BCUT2D eigenvalue weighted by Gasteiger charge is -1.97. The van der Waals surface area contributed by atoms with Crippen molar-refractivity contribution in [3.63, 3.8) is 0 Å². The summed E-state index contributed by atoms with van der Waals surface area (Å²) in [5.41, 5.74) is 1.27. The van der Waals surface area contributed by atoms with Crippen molar-refractivity contribution in [3.8, 4) is 0 Å². The maximum Gasteiger partial charge on any atom is 0.0513 e. The van der Waals surface area contributed by atoms with E-state index in [1.807, 2.05) is 6.92 Å². The van der Waals surface area contributed by atoms with Crippen molar-refractivity contribution >= 4 is 10.9 Å². The fourth-order valence-corrected chi connectivity index (χ4v) is 1.33. The maximum absolute atomic E-state index is 2.12. The number of hydrogen-bond donors (Lipinski definition) is 0. The lowest BCUT2D eigenvalue weighted by Crippen LogP contribution is -1.86. The van der Waals surface area contributed by atoms with E-state index in [0.29, 0.717) is 0 Å². The van der Waals surface area contributed by atoms with Gasteiger partial charge in [0.25, 0.3) is 0 Å². The molecule has 2 aromatic rings. The Morgan fingerprint density at radius 2 is 2.00 bits per heavy atom. The van der Waals surface area contributed by atoms with Crippen LogP contribution in [0.2, 0.25) is 0 Å². The molecule has 0 saturated carbocycles. The Bertz CT molecular complexity index is 360. The van der Waals surface area contributed by atoms with Gasteiger partial charge in [0, 0.05) is 11.7 Å². The van der Waals surface area contributed by atoms with Crippen LogP contribution in [0.3, 0.4) is 0 Å². The molecular weight excluding hydrogens is 134 g/mol. The zero-order valence-corrected chi connectivity index (χ0v) is 6.49. The molecule has 0 aliphatic rings. The third kappa shape index (κ3) is 0.929. The van der Waals surface area contributed by atoms with Gasteiger partial charge in [-0.25, -0.2) is 0 Å². The second-order valence-corrected chi connectivity index (χ2v) is 2.54. The Balaban J connectivity index is 2.76. The van der Waals surface area contributed by atoms with Crippen LogP contribution in [-0.4, -0.2) is 4.57 Å². The molecule has 0 aliphatic heterocycles. The standard InChI is InChI=1S/C10H10N/c1-2-11-8-7-9-5-3-4-6-10(9)11/h2-8H,1H3. The highest BCUT2D eigenvalue weighted by atomic mass is 14.9. The molecule has 1 aromatic carbocycles. The number of rotatable bonds is 1. The van der Waals surface area contributed by atoms with Crippen LogP contribution in [0.15, 0.2) is 36.5 Å². The van der Waals surface area contributed by atoms with Gasteiger partial charge in [0.1, 0.15) is 0 Å². The molecule has 0 saturated heterocycles. The van der Waals surface area contributed by atoms with Crippen LogP contribution in [0.1, 0.15) is 6.92 Å². The summed E-state index contributed by atoms with van der Waals surface area (Å²) in [6.07, 6.45) is 2.07. The van der Waals surface area contributed by atoms with E-state index in [1.54, 1.807) is 0 Å². The normalized spacial score (nSPS) is 10.6. The first-order valence-corrected chi connectivity index (χ1v) is 3.77. The highest BCUT2D eigenvalue weighted by molar-refractivity contribution is 5.80. The molecule has 0 unspecified atom stereocenters. The topological polar surface area (TPSA) is 4.93 Å². The lowest BCUT2D eigenvalue weighted by molar-refractivity contribution is 1.01. The van der Waals surface area contributed by atoms with Gasteiger partial charge in [-0.1, -0.05) is 18.2 Å². The molecule has 55 valence electrons. The van der Waals surface area contributed by atoms with Crippen molar-refractivity contribution in [2.24, 2.45) is 0 Å². The maximum atomic E-state index is 2.12. The quantitative estimate of drug-likeness (QED) is 0.580. The molecule has 0 amide bonds. The second kappa shape index (κ2) is 2.42. The van der Waals surface area contributed by atoms with Crippen molar-refractivity contribution in [2.45, 2.75) is 6.92 Å². The van der Waals surface area contributed by atoms with E-state index < -0.39 is 0 Å². The average molecular weight is 144 g/mol. The molecule has 11 heavy (non-hydrogen) atoms. The highest BCUT2D eigenvalue weighted by Gasteiger charge is 1.95. The molecule has 1 heteroatoms. The smallest absolute Gasteiger partial charge is 0.0513 e. The fourth-order valence-electron chi connectivity index (χ4n) is 1.33. The van der Waals surface area contributed by atoms with E-state index in [0.717, 1.165) is 0 Å². The number of nitrogens with zero attached hydrogens (tertiary/aromatic N) is 1. The molecule has 1 radical (unpaired) electrons. The number of aromatic nitrogens is 1. The molecule has 1 nitrogen and oxygen atoms in total. The van der Waals surface area contributed by atoms with Gasteiger partial charge in [0.05, 0.1) is 6.54 Å². The molecule has 1 aromatic heterocycles. The van der Waals surface area contributed by atoms with Crippen LogP contribution in [-0.2, 0) is 0 Å². The van der Waals surface area contributed by atoms with Crippen LogP contribution in [0.4, 0.5) is 0 Å². The Morgan fingerprint density at radius 3 is 2.82 bits per heavy atom. The molecule has 0 N–H and O–H groups in total. The molecule has 2 rings (SSSR count). The van der Waals surface area contributed by atoms with Gasteiger partial charge in [-0.15, -0.1) is 0 Å². The van der Waals surface area contributed by atoms with Crippen LogP contribution in [0.5, 0.6) is 0 Å². The van der Waals surface area contributed by atoms with Gasteiger partial charge in [-0.05, 0) is 24.4 Å². The van der Waals surface area contributed by atoms with E-state index in [1.165, 1.54) is 10.9 Å². The summed E-state index contributed by atoms with van der Waals surface area (Å²) in [4.78, 5) is 0. The minimum Gasteiger partial charge on any atom is -0.343 e. The van der Waals surface area contributed by atoms with Crippen molar-refractivity contribution in [3.05, 3.63) is 43.1 Å². The summed E-state index contributed by atoms with van der Waals surface area (Å²) < 4.78 is 2.12. The van der Waals surface area contributed by atoms with Crippen LogP contribution in [0, 0.1) is 6.54 Å². The molecule has 0 aliphatic carbocycles. The van der Waals surface area contributed by atoms with Crippen LogP contribution in [0.25, 0.3) is 10.9 Å². The van der Waals surface area contributed by atoms with Gasteiger partial charge in [-0.3, -0.25) is 0 Å². The summed E-state index contributed by atoms with van der Waals surface area (Å²) in [5.74, 6) is 0. The first kappa shape index (κ1) is 6.47. The molecule has 0 atom stereocenters. The summed E-state index contributed by atoms with van der Waals surface area (Å²) in [7, 11) is 0. The van der Waals surface area contributed by atoms with E-state index in [9.17, 15) is 0 Å². The molecule has 0 spiro atoms. The third-order valence-electron chi connectivity index (χ3n) is 1.91. The van der Waals surface area contributed by atoms with Crippen molar-refractivity contribution < 1.29 is 0 Å². The molecule has 0 bridgehead atoms. The average Bonchev–Trinajstić information content (AvgIpc) is 2.47. The van der Waals surface area contributed by atoms with E-state index >= 15 is 0 Å². The Labute approximate surface area is 66.3 Å². The number of benzene rings is 1. The molecule has 1 heterocycles. The fraction of sp³-hybridized carbons (Fsp3) is 0.100. The predicted octanol–water partition coefficient (Wildman–Crippen LogP) is 2.67. The monoisotopic (exact) mass is 144 g/mol. The zero-order valence-electron chi connectivity index (χ0n) is 6.49. The van der Waals surface area contributed by atoms with Gasteiger partial charge in [0.2, 0.25) is 0 Å². The molecular formula is C10H10N. The third-order valence-corrected chi connectivity index (χ3v) is 1.91. The molecule has 0 fully saturated rings. The summed E-state index contributed by atoms with van der Waals surface area (Å²) in [6.45, 7) is 4.09. The zero-order chi connectivity index (χ0) is 7.68. The Morgan fingerprint density at radius 1 is 1.18 bits per heavy atom. The van der Waals surface area contributed by atoms with Crippen molar-refractivity contribution in [1.29, 1.82) is 0 Å². The van der Waals surface area contributed by atoms with E-state index in [-0.39, 0.29) is 0 Å². The number of para-hydroxylation sites is 1. The van der Waals surface area contributed by atoms with Gasteiger partial charge >= 0.3 is 0 Å². The van der Waals surface area contributed by atoms with Crippen LogP contribution < -0.4 is 0 Å². The SMILES string of the molecule is C[CH]n1ccc2ccccc21.